The fraction of sp³-hybridized carbons (Fsp3) is 0.211. The average Bonchev–Trinajstić information content (AvgIpc) is 3.36. The molecule has 4 aromatic rings. The Morgan fingerprint density at radius 2 is 2.13 bits per heavy atom. The number of thiazole rings is 1. The first-order chi connectivity index (χ1) is 14.3. The molecule has 0 aliphatic heterocycles. The summed E-state index contributed by atoms with van der Waals surface area (Å²) in [5.41, 5.74) is 2.39. The summed E-state index contributed by atoms with van der Waals surface area (Å²) in [5, 5.41) is 7.41. The quantitative estimate of drug-likeness (QED) is 0.388. The van der Waals surface area contributed by atoms with Crippen LogP contribution in [0.1, 0.15) is 27.7 Å². The number of alkyl halides is 2. The first-order valence-electron chi connectivity index (χ1n) is 8.75. The van der Waals surface area contributed by atoms with E-state index in [-0.39, 0.29) is 11.5 Å². The van der Waals surface area contributed by atoms with Crippen LogP contribution in [-0.2, 0) is 6.54 Å². The van der Waals surface area contributed by atoms with E-state index in [1.807, 2.05) is 13.8 Å². The Bertz CT molecular complexity index is 1230. The van der Waals surface area contributed by atoms with E-state index in [2.05, 4.69) is 36.1 Å². The molecule has 0 saturated heterocycles. The van der Waals surface area contributed by atoms with Crippen molar-refractivity contribution in [1.82, 2.24) is 14.8 Å². The number of hydrogen-bond donors (Lipinski definition) is 1. The van der Waals surface area contributed by atoms with E-state index < -0.39 is 12.5 Å². The molecule has 0 aliphatic rings. The van der Waals surface area contributed by atoms with Crippen molar-refractivity contribution in [2.75, 3.05) is 5.32 Å². The molecule has 0 aliphatic carbocycles. The van der Waals surface area contributed by atoms with Gasteiger partial charge in [-0.3, -0.25) is 14.8 Å². The third-order valence-electron chi connectivity index (χ3n) is 4.29. The zero-order chi connectivity index (χ0) is 21.4. The molecule has 0 saturated carbocycles. The second-order valence-corrected chi connectivity index (χ2v) is 8.21. The molecule has 0 atom stereocenters. The van der Waals surface area contributed by atoms with Gasteiger partial charge >= 0.3 is 6.61 Å². The van der Waals surface area contributed by atoms with Crippen LogP contribution >= 0.6 is 27.3 Å². The maximum Gasteiger partial charge on any atom is 0.387 e. The molecule has 3 heterocycles. The molecule has 1 amide bonds. The van der Waals surface area contributed by atoms with Crippen molar-refractivity contribution in [1.29, 1.82) is 0 Å². The molecule has 0 spiro atoms. The molecule has 3 aromatic heterocycles. The molecule has 0 bridgehead atoms. The SMILES string of the molecule is Cc1nn(Cc2ccc(C(=O)Nc3nc4ccc(OC(F)F)cc4s3)o2)c(C)c1Br. The first-order valence-corrected chi connectivity index (χ1v) is 10.4. The van der Waals surface area contributed by atoms with Crippen molar-refractivity contribution in [2.24, 2.45) is 0 Å². The zero-order valence-corrected chi connectivity index (χ0v) is 18.2. The van der Waals surface area contributed by atoms with Gasteiger partial charge in [-0.2, -0.15) is 13.9 Å². The van der Waals surface area contributed by atoms with Gasteiger partial charge in [-0.05, 0) is 60.1 Å². The third kappa shape index (κ3) is 4.21. The monoisotopic (exact) mass is 496 g/mol. The summed E-state index contributed by atoms with van der Waals surface area (Å²) in [6.45, 7) is 1.32. The van der Waals surface area contributed by atoms with Crippen LogP contribution in [0.15, 0.2) is 39.2 Å². The standard InChI is InChI=1S/C19H15BrF2N4O3S/c1-9-16(20)10(2)26(25-9)8-12-4-6-14(28-12)17(27)24-19-23-13-5-3-11(29-18(21)22)7-15(13)30-19/h3-7,18H,8H2,1-2H3,(H,23,24,27). The summed E-state index contributed by atoms with van der Waals surface area (Å²) < 4.78 is 38.1. The number of carbonyl (C=O) groups is 1. The average molecular weight is 497 g/mol. The predicted molar refractivity (Wildman–Crippen MR) is 111 cm³/mol. The van der Waals surface area contributed by atoms with Gasteiger partial charge in [-0.15, -0.1) is 0 Å². The summed E-state index contributed by atoms with van der Waals surface area (Å²) in [5.74, 6) is 0.285. The number of carbonyl (C=O) groups excluding carboxylic acids is 1. The number of halogens is 3. The predicted octanol–water partition coefficient (Wildman–Crippen LogP) is 5.37. The van der Waals surface area contributed by atoms with Crippen LogP contribution in [0.5, 0.6) is 5.75 Å². The van der Waals surface area contributed by atoms with Gasteiger partial charge in [0, 0.05) is 0 Å². The van der Waals surface area contributed by atoms with E-state index in [0.29, 0.717) is 27.7 Å². The van der Waals surface area contributed by atoms with Gasteiger partial charge in [0.25, 0.3) is 5.91 Å². The topological polar surface area (TPSA) is 82.2 Å². The van der Waals surface area contributed by atoms with E-state index in [0.717, 1.165) is 27.2 Å². The number of hydrogen-bond acceptors (Lipinski definition) is 6. The van der Waals surface area contributed by atoms with Crippen LogP contribution in [0.4, 0.5) is 13.9 Å². The van der Waals surface area contributed by atoms with E-state index in [4.69, 9.17) is 4.42 Å². The Hall–Kier alpha value is -2.79. The second kappa shape index (κ2) is 8.15. The maximum atomic E-state index is 12.5. The Kier molecular flexibility index (Phi) is 5.56. The van der Waals surface area contributed by atoms with Crippen LogP contribution in [0.2, 0.25) is 0 Å². The number of nitrogens with one attached hydrogen (secondary N) is 1. The Morgan fingerprint density at radius 1 is 1.33 bits per heavy atom. The molecule has 30 heavy (non-hydrogen) atoms. The van der Waals surface area contributed by atoms with Crippen LogP contribution in [0, 0.1) is 13.8 Å². The lowest BCUT2D eigenvalue weighted by Gasteiger charge is -2.02. The van der Waals surface area contributed by atoms with Gasteiger partial charge in [0.2, 0.25) is 0 Å². The van der Waals surface area contributed by atoms with Crippen LogP contribution < -0.4 is 10.1 Å². The molecular weight excluding hydrogens is 482 g/mol. The number of aromatic nitrogens is 3. The van der Waals surface area contributed by atoms with Gasteiger partial charge in [0.1, 0.15) is 11.5 Å². The molecule has 0 radical (unpaired) electrons. The summed E-state index contributed by atoms with van der Waals surface area (Å²) in [6, 6.07) is 7.69. The lowest BCUT2D eigenvalue weighted by molar-refractivity contribution is -0.0497. The lowest BCUT2D eigenvalue weighted by atomic mass is 10.3. The zero-order valence-electron chi connectivity index (χ0n) is 15.8. The van der Waals surface area contributed by atoms with Crippen molar-refractivity contribution in [3.05, 3.63) is 57.7 Å². The molecular formula is C19H15BrF2N4O3S. The smallest absolute Gasteiger partial charge is 0.387 e. The fourth-order valence-corrected chi connectivity index (χ4v) is 4.03. The van der Waals surface area contributed by atoms with Gasteiger partial charge in [0.05, 0.1) is 32.6 Å². The normalized spacial score (nSPS) is 11.4. The molecule has 1 N–H and O–H groups in total. The number of aryl methyl sites for hydroxylation is 1. The highest BCUT2D eigenvalue weighted by Gasteiger charge is 2.16. The van der Waals surface area contributed by atoms with Crippen LogP contribution in [0.25, 0.3) is 10.2 Å². The molecule has 7 nitrogen and oxygen atoms in total. The minimum Gasteiger partial charge on any atom is -0.454 e. The van der Waals surface area contributed by atoms with E-state index >= 15 is 0 Å². The number of amides is 1. The first kappa shape index (κ1) is 20.5. The summed E-state index contributed by atoms with van der Waals surface area (Å²) in [7, 11) is 0. The second-order valence-electron chi connectivity index (χ2n) is 6.39. The number of ether oxygens (including phenoxy) is 1. The highest BCUT2D eigenvalue weighted by atomic mass is 79.9. The maximum absolute atomic E-state index is 12.5. The summed E-state index contributed by atoms with van der Waals surface area (Å²) in [4.78, 5) is 16.8. The molecule has 156 valence electrons. The van der Waals surface area contributed by atoms with E-state index in [9.17, 15) is 13.6 Å². The number of furan rings is 1. The minimum absolute atomic E-state index is 0.0329. The van der Waals surface area contributed by atoms with Crippen LogP contribution in [-0.4, -0.2) is 27.3 Å². The van der Waals surface area contributed by atoms with Crippen molar-refractivity contribution in [3.8, 4) is 5.75 Å². The molecule has 1 aromatic carbocycles. The number of fused-ring (bicyclic) bond motifs is 1. The Labute approximate surface area is 181 Å². The van der Waals surface area contributed by atoms with Gasteiger partial charge in [0.15, 0.2) is 10.9 Å². The number of benzene rings is 1. The van der Waals surface area contributed by atoms with Crippen LogP contribution in [0.3, 0.4) is 0 Å². The number of anilines is 1. The van der Waals surface area contributed by atoms with Gasteiger partial charge in [-0.25, -0.2) is 4.98 Å². The molecule has 11 heteroatoms. The largest absolute Gasteiger partial charge is 0.454 e. The molecule has 0 fully saturated rings. The van der Waals surface area contributed by atoms with Crippen molar-refractivity contribution in [3.63, 3.8) is 0 Å². The van der Waals surface area contributed by atoms with Gasteiger partial charge in [-0.1, -0.05) is 11.3 Å². The van der Waals surface area contributed by atoms with Crippen molar-refractivity contribution < 1.29 is 22.7 Å². The summed E-state index contributed by atoms with van der Waals surface area (Å²) in [6.07, 6.45) is 0. The molecule has 0 unspecified atom stereocenters. The number of nitrogens with zero attached hydrogens (tertiary/aromatic N) is 3. The Morgan fingerprint density at radius 3 is 2.83 bits per heavy atom. The fourth-order valence-electron chi connectivity index (χ4n) is 2.85. The van der Waals surface area contributed by atoms with Gasteiger partial charge < -0.3 is 9.15 Å². The Balaban J connectivity index is 1.47. The number of rotatable bonds is 6. The highest BCUT2D eigenvalue weighted by molar-refractivity contribution is 9.10. The lowest BCUT2D eigenvalue weighted by Crippen LogP contribution is -2.10. The van der Waals surface area contributed by atoms with E-state index in [1.54, 1.807) is 22.9 Å². The highest BCUT2D eigenvalue weighted by Crippen LogP contribution is 2.30. The molecule has 4 rings (SSSR count). The minimum atomic E-state index is -2.90. The van der Waals surface area contributed by atoms with Crippen molar-refractivity contribution in [2.45, 2.75) is 27.0 Å². The van der Waals surface area contributed by atoms with E-state index in [1.165, 1.54) is 12.1 Å². The summed E-state index contributed by atoms with van der Waals surface area (Å²) >= 11 is 4.63. The van der Waals surface area contributed by atoms with Crippen molar-refractivity contribution >= 4 is 48.5 Å². The third-order valence-corrected chi connectivity index (χ3v) is 6.37.